The number of benzene rings is 1. The lowest BCUT2D eigenvalue weighted by Gasteiger charge is -2.44. The fraction of sp³-hybridized carbons (Fsp3) is 0.667. The number of guanidine groups is 3. The Morgan fingerprint density at radius 1 is 0.389 bits per heavy atom. The molecule has 0 unspecified atom stereocenters. The van der Waals surface area contributed by atoms with Gasteiger partial charge < -0.3 is 29.4 Å². The molecule has 0 aliphatic carbocycles. The summed E-state index contributed by atoms with van der Waals surface area (Å²) >= 11 is 0. The lowest BCUT2D eigenvalue weighted by Crippen LogP contribution is -2.54. The van der Waals surface area contributed by atoms with Gasteiger partial charge in [-0.05, 0) is 56.7 Å². The van der Waals surface area contributed by atoms with Crippen LogP contribution in [-0.2, 0) is 0 Å². The number of fused-ring (bicyclic) bond motifs is 3. The zero-order valence-corrected chi connectivity index (χ0v) is 21.5. The molecule has 3 saturated heterocycles. The smallest absolute Gasteiger partial charge is 0.201 e. The van der Waals surface area contributed by atoms with Crippen LogP contribution < -0.4 is 14.7 Å². The van der Waals surface area contributed by atoms with Gasteiger partial charge >= 0.3 is 0 Å². The van der Waals surface area contributed by atoms with Crippen LogP contribution in [0.2, 0.25) is 0 Å². The van der Waals surface area contributed by atoms with E-state index in [1.165, 1.54) is 54.2 Å². The van der Waals surface area contributed by atoms with Crippen LogP contribution in [0.15, 0.2) is 33.2 Å². The van der Waals surface area contributed by atoms with E-state index in [9.17, 15) is 0 Å². The van der Waals surface area contributed by atoms with Crippen LogP contribution in [0.3, 0.4) is 0 Å². The van der Waals surface area contributed by atoms with E-state index < -0.39 is 0 Å². The maximum Gasteiger partial charge on any atom is 0.201 e. The molecule has 0 saturated carbocycles. The Labute approximate surface area is 214 Å². The molecule has 0 amide bonds. The van der Waals surface area contributed by atoms with E-state index in [0.717, 1.165) is 97.8 Å². The summed E-state index contributed by atoms with van der Waals surface area (Å²) in [6.45, 7) is 12.6. The van der Waals surface area contributed by atoms with Crippen LogP contribution in [-0.4, -0.2) is 111 Å². The second kappa shape index (κ2) is 9.48. The third-order valence-electron chi connectivity index (χ3n) is 8.34. The van der Waals surface area contributed by atoms with Gasteiger partial charge in [0.05, 0.1) is 0 Å². The van der Waals surface area contributed by atoms with Gasteiger partial charge in [-0.15, -0.1) is 0 Å². The van der Waals surface area contributed by atoms with E-state index in [-0.39, 0.29) is 0 Å². The van der Waals surface area contributed by atoms with Crippen LogP contribution in [0.25, 0.3) is 0 Å². The van der Waals surface area contributed by atoms with Crippen LogP contribution in [0.1, 0.15) is 38.5 Å². The molecule has 6 aliphatic heterocycles. The van der Waals surface area contributed by atoms with Gasteiger partial charge in [0, 0.05) is 95.6 Å². The number of hydrogen-bond donors (Lipinski definition) is 0. The second-order valence-electron chi connectivity index (χ2n) is 10.8. The lowest BCUT2D eigenvalue weighted by molar-refractivity contribution is 0.359. The molecule has 9 nitrogen and oxygen atoms in total. The van der Waals surface area contributed by atoms with Crippen molar-refractivity contribution in [3.05, 3.63) is 18.2 Å². The van der Waals surface area contributed by atoms with Crippen molar-refractivity contribution in [1.29, 1.82) is 0 Å². The summed E-state index contributed by atoms with van der Waals surface area (Å²) in [4.78, 5) is 29.9. The van der Waals surface area contributed by atoms with Crippen LogP contribution >= 0.6 is 0 Å². The van der Waals surface area contributed by atoms with E-state index in [0.29, 0.717) is 0 Å². The molecule has 9 heteroatoms. The minimum Gasteiger partial charge on any atom is -0.342 e. The summed E-state index contributed by atoms with van der Waals surface area (Å²) in [7, 11) is 0. The Kier molecular flexibility index (Phi) is 5.86. The Bertz CT molecular complexity index is 933. The number of nitrogens with zero attached hydrogens (tertiary/aromatic N) is 9. The van der Waals surface area contributed by atoms with Crippen molar-refractivity contribution >= 4 is 34.9 Å². The number of aliphatic imine (C=N–C) groups is 3. The zero-order chi connectivity index (χ0) is 23.9. The van der Waals surface area contributed by atoms with Crippen molar-refractivity contribution in [3.63, 3.8) is 0 Å². The van der Waals surface area contributed by atoms with Gasteiger partial charge in [0.1, 0.15) is 0 Å². The molecule has 192 valence electrons. The number of anilines is 3. The average molecular weight is 490 g/mol. The summed E-state index contributed by atoms with van der Waals surface area (Å²) in [6.07, 6.45) is 7.01. The highest BCUT2D eigenvalue weighted by Gasteiger charge is 2.32. The van der Waals surface area contributed by atoms with Crippen molar-refractivity contribution in [2.45, 2.75) is 38.5 Å². The van der Waals surface area contributed by atoms with Crippen LogP contribution in [0, 0.1) is 0 Å². The van der Waals surface area contributed by atoms with Crippen molar-refractivity contribution in [3.8, 4) is 0 Å². The number of rotatable bonds is 3. The van der Waals surface area contributed by atoms with Gasteiger partial charge in [0.25, 0.3) is 0 Å². The molecule has 0 spiro atoms. The number of hydrogen-bond acceptors (Lipinski definition) is 9. The summed E-state index contributed by atoms with van der Waals surface area (Å²) < 4.78 is 0. The summed E-state index contributed by atoms with van der Waals surface area (Å²) in [5.74, 6) is 3.50. The van der Waals surface area contributed by atoms with Crippen molar-refractivity contribution in [2.24, 2.45) is 15.0 Å². The molecule has 0 radical (unpaired) electrons. The highest BCUT2D eigenvalue weighted by Crippen LogP contribution is 2.35. The molecular weight excluding hydrogens is 450 g/mol. The van der Waals surface area contributed by atoms with Crippen molar-refractivity contribution < 1.29 is 0 Å². The molecule has 7 rings (SSSR count). The molecule has 0 bridgehead atoms. The molecule has 0 N–H and O–H groups in total. The van der Waals surface area contributed by atoms with E-state index in [1.54, 1.807) is 0 Å². The van der Waals surface area contributed by atoms with Gasteiger partial charge in [-0.3, -0.25) is 15.0 Å². The largest absolute Gasteiger partial charge is 0.342 e. The Morgan fingerprint density at radius 3 is 1.03 bits per heavy atom. The molecule has 1 aromatic carbocycles. The molecule has 0 aromatic heterocycles. The molecular formula is C27H39N9. The normalized spacial score (nSPS) is 24.5. The average Bonchev–Trinajstić information content (AvgIpc) is 2.96. The summed E-state index contributed by atoms with van der Waals surface area (Å²) in [6, 6.07) is 7.19. The predicted molar refractivity (Wildman–Crippen MR) is 148 cm³/mol. The fourth-order valence-corrected chi connectivity index (χ4v) is 6.67. The maximum absolute atomic E-state index is 5.00. The van der Waals surface area contributed by atoms with Gasteiger partial charge in [0.2, 0.25) is 17.9 Å². The topological polar surface area (TPSA) is 56.5 Å². The third-order valence-corrected chi connectivity index (χ3v) is 8.34. The SMILES string of the molecule is c1c(N2CCCN3CCCN=C32)cc(N2CCCN3CCCN=C32)cc1N1CCCN2CCCN=C21. The Morgan fingerprint density at radius 2 is 0.694 bits per heavy atom. The molecule has 6 heterocycles. The first kappa shape index (κ1) is 22.2. The van der Waals surface area contributed by atoms with Gasteiger partial charge in [-0.25, -0.2) is 0 Å². The zero-order valence-electron chi connectivity index (χ0n) is 21.5. The Balaban J connectivity index is 1.32. The minimum atomic E-state index is 0.935. The highest BCUT2D eigenvalue weighted by atomic mass is 15.4. The molecule has 6 aliphatic rings. The quantitative estimate of drug-likeness (QED) is 0.650. The second-order valence-corrected chi connectivity index (χ2v) is 10.8. The highest BCUT2D eigenvalue weighted by molar-refractivity contribution is 6.03. The standard InChI is InChI=1S/C27H39N9/c1-7-28-25-31(10-1)13-4-16-34(25)22-19-23(35-17-5-14-32-11-2-8-29-26(32)35)21-24(20-22)36-18-6-15-33-12-3-9-30-27(33)36/h19-21H,1-18H2. The van der Waals surface area contributed by atoms with Crippen LogP contribution in [0.4, 0.5) is 17.1 Å². The monoisotopic (exact) mass is 489 g/mol. The fourth-order valence-electron chi connectivity index (χ4n) is 6.67. The van der Waals surface area contributed by atoms with E-state index >= 15 is 0 Å². The lowest BCUT2D eigenvalue weighted by atomic mass is 10.1. The maximum atomic E-state index is 5.00. The first-order valence-electron chi connectivity index (χ1n) is 14.2. The molecule has 0 atom stereocenters. The van der Waals surface area contributed by atoms with E-state index in [4.69, 9.17) is 15.0 Å². The van der Waals surface area contributed by atoms with Gasteiger partial charge in [-0.2, -0.15) is 0 Å². The molecule has 36 heavy (non-hydrogen) atoms. The van der Waals surface area contributed by atoms with Gasteiger partial charge in [0.15, 0.2) is 0 Å². The first-order valence-corrected chi connectivity index (χ1v) is 14.2. The minimum absolute atomic E-state index is 0.935. The van der Waals surface area contributed by atoms with Crippen molar-refractivity contribution in [1.82, 2.24) is 14.7 Å². The Hall–Kier alpha value is -2.97. The first-order chi connectivity index (χ1) is 17.8. The predicted octanol–water partition coefficient (Wildman–Crippen LogP) is 2.50. The van der Waals surface area contributed by atoms with E-state index in [2.05, 4.69) is 47.6 Å². The molecule has 3 fully saturated rings. The van der Waals surface area contributed by atoms with Crippen LogP contribution in [0.5, 0.6) is 0 Å². The van der Waals surface area contributed by atoms with Gasteiger partial charge in [-0.1, -0.05) is 0 Å². The van der Waals surface area contributed by atoms with E-state index in [1.807, 2.05) is 0 Å². The summed E-state index contributed by atoms with van der Waals surface area (Å²) in [5, 5.41) is 0. The third kappa shape index (κ3) is 3.96. The van der Waals surface area contributed by atoms with Crippen molar-refractivity contribution in [2.75, 3.05) is 93.2 Å². The summed E-state index contributed by atoms with van der Waals surface area (Å²) in [5.41, 5.74) is 3.78. The molecule has 1 aromatic rings.